The minimum absolute atomic E-state index is 0.0346. The van der Waals surface area contributed by atoms with Gasteiger partial charge in [-0.15, -0.1) is 24.7 Å². The summed E-state index contributed by atoms with van der Waals surface area (Å²) in [5.74, 6) is 2.62. The van der Waals surface area contributed by atoms with Crippen molar-refractivity contribution < 1.29 is 24.6 Å². The Labute approximate surface area is 270 Å². The van der Waals surface area contributed by atoms with E-state index in [0.29, 0.717) is 25.9 Å². The molecule has 45 heavy (non-hydrogen) atoms. The number of likely N-dealkylation sites (N-methyl/N-ethyl adjacent to an activating group) is 2. The molecule has 0 radical (unpaired) electrons. The number of terminal acetylenes is 2. The van der Waals surface area contributed by atoms with Gasteiger partial charge in [0.05, 0.1) is 18.1 Å². The number of nitrogens with zero attached hydrogens (tertiary/aromatic N) is 2. The second-order valence-electron chi connectivity index (χ2n) is 12.6. The molecule has 1 aromatic rings. The van der Waals surface area contributed by atoms with Gasteiger partial charge in [0.2, 0.25) is 17.7 Å². The van der Waals surface area contributed by atoms with Crippen LogP contribution in [0.25, 0.3) is 0 Å². The third-order valence-electron chi connectivity index (χ3n) is 9.02. The van der Waals surface area contributed by atoms with Crippen molar-refractivity contribution in [2.24, 2.45) is 17.8 Å². The van der Waals surface area contributed by atoms with Gasteiger partial charge < -0.3 is 30.6 Å². The molecular formula is C36H54N4O5. The molecule has 248 valence electrons. The van der Waals surface area contributed by atoms with Crippen molar-refractivity contribution in [2.75, 3.05) is 33.7 Å². The topological polar surface area (TPSA) is 122 Å². The fraction of sp³-hybridized carbons (Fsp3) is 0.639. The largest absolute Gasteiger partial charge is 0.389 e. The molecule has 9 nitrogen and oxygen atoms in total. The first-order chi connectivity index (χ1) is 21.5. The number of aliphatic hydroxyl groups is 2. The summed E-state index contributed by atoms with van der Waals surface area (Å²) in [5.41, 5.74) is 0.892. The quantitative estimate of drug-likeness (QED) is 0.187. The zero-order chi connectivity index (χ0) is 33.4. The molecule has 0 aliphatic heterocycles. The van der Waals surface area contributed by atoms with E-state index < -0.39 is 47.9 Å². The van der Waals surface area contributed by atoms with Crippen LogP contribution < -0.4 is 10.6 Å². The van der Waals surface area contributed by atoms with Gasteiger partial charge in [-0.05, 0) is 44.8 Å². The predicted molar refractivity (Wildman–Crippen MR) is 178 cm³/mol. The minimum Gasteiger partial charge on any atom is -0.389 e. The lowest BCUT2D eigenvalue weighted by molar-refractivity contribution is -0.137. The summed E-state index contributed by atoms with van der Waals surface area (Å²) in [5, 5.41) is 27.3. The van der Waals surface area contributed by atoms with Crippen LogP contribution in [0.3, 0.4) is 0 Å². The first-order valence-corrected chi connectivity index (χ1v) is 16.3. The van der Waals surface area contributed by atoms with E-state index in [1.807, 2.05) is 44.3 Å². The fourth-order valence-corrected chi connectivity index (χ4v) is 5.76. The fourth-order valence-electron chi connectivity index (χ4n) is 5.76. The average molecular weight is 623 g/mol. The van der Waals surface area contributed by atoms with Gasteiger partial charge in [0.15, 0.2) is 0 Å². The van der Waals surface area contributed by atoms with Gasteiger partial charge >= 0.3 is 0 Å². The first kappa shape index (κ1) is 37.8. The Balaban J connectivity index is 2.26. The number of nitrogens with one attached hydrogen (secondary N) is 2. The van der Waals surface area contributed by atoms with Gasteiger partial charge in [0.25, 0.3) is 0 Å². The average Bonchev–Trinajstić information content (AvgIpc) is 3.05. The zero-order valence-electron chi connectivity index (χ0n) is 27.6. The van der Waals surface area contributed by atoms with Gasteiger partial charge in [-0.1, -0.05) is 69.4 Å². The van der Waals surface area contributed by atoms with Crippen molar-refractivity contribution in [1.29, 1.82) is 0 Å². The molecule has 0 saturated heterocycles. The van der Waals surface area contributed by atoms with Gasteiger partial charge in [-0.2, -0.15) is 0 Å². The Morgan fingerprint density at radius 1 is 1.00 bits per heavy atom. The highest BCUT2D eigenvalue weighted by Gasteiger charge is 2.35. The van der Waals surface area contributed by atoms with Crippen molar-refractivity contribution in [1.82, 2.24) is 20.4 Å². The van der Waals surface area contributed by atoms with E-state index in [1.54, 1.807) is 18.9 Å². The Bertz CT molecular complexity index is 1140. The molecule has 1 saturated carbocycles. The molecule has 1 aliphatic carbocycles. The summed E-state index contributed by atoms with van der Waals surface area (Å²) in [6.07, 6.45) is 14.6. The van der Waals surface area contributed by atoms with Crippen molar-refractivity contribution in [3.8, 4) is 24.7 Å². The number of hydrogen-bond acceptors (Lipinski definition) is 6. The van der Waals surface area contributed by atoms with E-state index in [1.165, 1.54) is 0 Å². The van der Waals surface area contributed by atoms with E-state index in [-0.39, 0.29) is 24.7 Å². The molecular weight excluding hydrogens is 568 g/mol. The van der Waals surface area contributed by atoms with Crippen LogP contribution in [0.4, 0.5) is 0 Å². The molecule has 1 aromatic carbocycles. The Kier molecular flexibility index (Phi) is 16.7. The number of benzene rings is 1. The monoisotopic (exact) mass is 622 g/mol. The summed E-state index contributed by atoms with van der Waals surface area (Å²) in [6, 6.07) is 7.55. The van der Waals surface area contributed by atoms with Crippen LogP contribution in [-0.2, 0) is 20.8 Å². The van der Waals surface area contributed by atoms with Crippen molar-refractivity contribution in [3.05, 3.63) is 35.9 Å². The van der Waals surface area contributed by atoms with Crippen LogP contribution in [0.15, 0.2) is 30.3 Å². The summed E-state index contributed by atoms with van der Waals surface area (Å²) in [7, 11) is 3.71. The maximum atomic E-state index is 13.8. The maximum Gasteiger partial charge on any atom is 0.244 e. The van der Waals surface area contributed by atoms with Crippen molar-refractivity contribution in [3.63, 3.8) is 0 Å². The molecule has 1 aliphatic rings. The van der Waals surface area contributed by atoms with Gasteiger partial charge in [0, 0.05) is 38.9 Å². The molecule has 1 fully saturated rings. The normalized spacial score (nSPS) is 17.5. The molecule has 9 heteroatoms. The SMILES string of the molecule is C#CCC(O)[C@H](O)C(CC1CCCCC1)NC(=O)[C@@H](NC(=O)C(CC(=O)N(C)CCN(C)CC)Cc1ccccc1)C(C)C#C. The Morgan fingerprint density at radius 2 is 1.67 bits per heavy atom. The number of amides is 3. The van der Waals surface area contributed by atoms with Crippen molar-refractivity contribution >= 4 is 17.7 Å². The minimum atomic E-state index is -1.28. The third-order valence-corrected chi connectivity index (χ3v) is 9.02. The lowest BCUT2D eigenvalue weighted by Gasteiger charge is -2.33. The number of carbonyl (C=O) groups is 3. The van der Waals surface area contributed by atoms with Crippen molar-refractivity contribution in [2.45, 2.75) is 95.9 Å². The lowest BCUT2D eigenvalue weighted by atomic mass is 9.82. The summed E-state index contributed by atoms with van der Waals surface area (Å²) in [4.78, 5) is 44.6. The van der Waals surface area contributed by atoms with E-state index >= 15 is 0 Å². The number of hydrogen-bond donors (Lipinski definition) is 4. The van der Waals surface area contributed by atoms with Crippen LogP contribution in [0.1, 0.15) is 70.8 Å². The molecule has 6 atom stereocenters. The summed E-state index contributed by atoms with van der Waals surface area (Å²) >= 11 is 0. The lowest BCUT2D eigenvalue weighted by Crippen LogP contribution is -2.57. The summed E-state index contributed by atoms with van der Waals surface area (Å²) < 4.78 is 0. The molecule has 4 N–H and O–H groups in total. The van der Waals surface area contributed by atoms with Crippen LogP contribution in [0.2, 0.25) is 0 Å². The van der Waals surface area contributed by atoms with Gasteiger partial charge in [-0.3, -0.25) is 14.4 Å². The first-order valence-electron chi connectivity index (χ1n) is 16.3. The van der Waals surface area contributed by atoms with E-state index in [9.17, 15) is 24.6 Å². The van der Waals surface area contributed by atoms with E-state index in [0.717, 1.165) is 44.2 Å². The molecule has 0 aromatic heterocycles. The smallest absolute Gasteiger partial charge is 0.244 e. The maximum absolute atomic E-state index is 13.8. The predicted octanol–water partition coefficient (Wildman–Crippen LogP) is 2.60. The molecule has 0 bridgehead atoms. The Morgan fingerprint density at radius 3 is 2.27 bits per heavy atom. The molecule has 2 rings (SSSR count). The van der Waals surface area contributed by atoms with Crippen LogP contribution >= 0.6 is 0 Å². The highest BCUT2D eigenvalue weighted by molar-refractivity contribution is 5.91. The highest BCUT2D eigenvalue weighted by Crippen LogP contribution is 2.29. The Hall–Kier alpha value is -3.37. The third kappa shape index (κ3) is 12.9. The zero-order valence-corrected chi connectivity index (χ0v) is 27.6. The molecule has 3 amide bonds. The number of aliphatic hydroxyl groups excluding tert-OH is 2. The van der Waals surface area contributed by atoms with E-state index in [4.69, 9.17) is 12.8 Å². The second-order valence-corrected chi connectivity index (χ2v) is 12.6. The molecule has 4 unspecified atom stereocenters. The van der Waals surface area contributed by atoms with Crippen LogP contribution in [0.5, 0.6) is 0 Å². The number of carbonyl (C=O) groups excluding carboxylic acids is 3. The molecule has 0 spiro atoms. The standard InChI is InChI=1S/C36H54N4O5/c1-7-16-31(41)34(43)30(24-28-19-14-11-15-20-28)37-36(45)33(26(4)8-2)38-35(44)29(23-27-17-12-10-13-18-27)25-32(42)40(6)22-21-39(5)9-3/h1-2,10,12-13,17-18,26,28-31,33-34,41,43H,9,11,14-16,19-25H2,3-6H3,(H,37,45)(H,38,44)/t26?,29?,30?,31?,33-,34+/m0/s1. The van der Waals surface area contributed by atoms with Crippen LogP contribution in [0, 0.1) is 42.4 Å². The van der Waals surface area contributed by atoms with E-state index in [2.05, 4.69) is 27.4 Å². The highest BCUT2D eigenvalue weighted by atomic mass is 16.3. The van der Waals surface area contributed by atoms with Crippen LogP contribution in [-0.4, -0.2) is 95.8 Å². The summed E-state index contributed by atoms with van der Waals surface area (Å²) in [6.45, 7) is 5.81. The van der Waals surface area contributed by atoms with Gasteiger partial charge in [0.1, 0.15) is 12.1 Å². The second kappa shape index (κ2) is 19.9. The number of rotatable bonds is 18. The molecule has 0 heterocycles. The van der Waals surface area contributed by atoms with Gasteiger partial charge in [-0.25, -0.2) is 0 Å².